The van der Waals surface area contributed by atoms with Crippen LogP contribution in [0, 0.1) is 13.3 Å². The van der Waals surface area contributed by atoms with E-state index in [0.717, 1.165) is 0 Å². The van der Waals surface area contributed by atoms with Crippen molar-refractivity contribution in [3.05, 3.63) is 59.8 Å². The Morgan fingerprint density at radius 3 is 2.03 bits per heavy atom. The Labute approximate surface area is 190 Å². The van der Waals surface area contributed by atoms with Gasteiger partial charge in [0.05, 0.1) is 32.3 Å². The van der Waals surface area contributed by atoms with E-state index in [1.54, 1.807) is 6.42 Å². The number of hydrogen-bond donors (Lipinski definition) is 0. The fourth-order valence-electron chi connectivity index (χ4n) is 2.34. The van der Waals surface area contributed by atoms with Crippen molar-refractivity contribution in [2.45, 2.75) is 22.8 Å². The maximum atomic E-state index is 12.9. The lowest BCUT2D eigenvalue weighted by Gasteiger charge is -2.16. The smallest absolute Gasteiger partial charge is 0.303 e. The van der Waals surface area contributed by atoms with Gasteiger partial charge in [-0.3, -0.25) is 4.79 Å². The number of esters is 1. The fourth-order valence-corrected chi connectivity index (χ4v) is 4.41. The zero-order valence-electron chi connectivity index (χ0n) is 15.9. The third-order valence-electron chi connectivity index (χ3n) is 3.71. The van der Waals surface area contributed by atoms with Crippen LogP contribution < -0.4 is 9.47 Å². The molecule has 10 heteroatoms. The first-order valence-corrected chi connectivity index (χ1v) is 11.4. The van der Waals surface area contributed by atoms with Crippen LogP contribution in [0.15, 0.2) is 46.2 Å². The van der Waals surface area contributed by atoms with E-state index in [1.165, 1.54) is 43.3 Å². The molecule has 2 rings (SSSR count). The summed E-state index contributed by atoms with van der Waals surface area (Å²) in [6, 6.07) is 8.20. The van der Waals surface area contributed by atoms with Crippen molar-refractivity contribution in [2.75, 3.05) is 19.1 Å². The molecule has 6 nitrogen and oxygen atoms in total. The number of alkyl halides is 1. The molecule has 0 aliphatic rings. The van der Waals surface area contributed by atoms with Gasteiger partial charge in [0.2, 0.25) is 9.84 Å². The van der Waals surface area contributed by atoms with Gasteiger partial charge < -0.3 is 14.2 Å². The summed E-state index contributed by atoms with van der Waals surface area (Å²) in [6.45, 7) is 5.01. The second-order valence-electron chi connectivity index (χ2n) is 5.98. The Kier molecular flexibility index (Phi) is 9.09. The summed E-state index contributed by atoms with van der Waals surface area (Å²) in [4.78, 5) is 11.0. The Morgan fingerprint density at radius 1 is 1.07 bits per heavy atom. The summed E-state index contributed by atoms with van der Waals surface area (Å²) < 4.78 is 41.7. The van der Waals surface area contributed by atoms with Gasteiger partial charge in [0.1, 0.15) is 24.2 Å². The predicted octanol–water partition coefficient (Wildman–Crippen LogP) is 4.79. The van der Waals surface area contributed by atoms with E-state index < -0.39 is 21.9 Å². The lowest BCUT2D eigenvalue weighted by atomic mass is 10.3. The van der Waals surface area contributed by atoms with Crippen molar-refractivity contribution in [3.8, 4) is 11.5 Å². The number of carbonyl (C=O) groups excluding carboxylic acids is 1. The number of rotatable bonds is 10. The molecule has 30 heavy (non-hydrogen) atoms. The largest absolute Gasteiger partial charge is 0.492 e. The minimum Gasteiger partial charge on any atom is -0.492 e. The second-order valence-corrected chi connectivity index (χ2v) is 9.06. The highest BCUT2D eigenvalue weighted by atomic mass is 35.5. The SMILES string of the molecule is [CH2][CH]COc1ccc(S(=O)(=O)c2ccc(OC[C@@H](CCl)OC(C)=O)c(Cl)c2)cc1Cl. The highest BCUT2D eigenvalue weighted by Crippen LogP contribution is 2.33. The lowest BCUT2D eigenvalue weighted by Crippen LogP contribution is -2.25. The molecule has 0 spiro atoms. The fraction of sp³-hybridized carbons (Fsp3) is 0.250. The third-order valence-corrected chi connectivity index (χ3v) is 6.40. The first-order chi connectivity index (χ1) is 14.2. The van der Waals surface area contributed by atoms with Gasteiger partial charge in [0, 0.05) is 6.92 Å². The quantitative estimate of drug-likeness (QED) is 0.350. The average molecular weight is 494 g/mol. The zero-order chi connectivity index (χ0) is 22.3. The molecule has 0 aliphatic carbocycles. The molecule has 1 atom stereocenters. The number of halogens is 3. The Morgan fingerprint density at radius 2 is 1.60 bits per heavy atom. The van der Waals surface area contributed by atoms with Gasteiger partial charge in [-0.1, -0.05) is 23.2 Å². The van der Waals surface area contributed by atoms with Crippen LogP contribution in [-0.2, 0) is 19.4 Å². The standard InChI is InChI=1S/C20H19Cl3O6S/c1-3-8-27-19-6-4-15(9-17(19)22)30(25,26)16-5-7-20(18(23)10-16)28-12-14(11-21)29-13(2)24/h3-7,9-10,14H,1,8,11-12H2,2H3/t14-/m1/s1. The molecule has 0 amide bonds. The zero-order valence-corrected chi connectivity index (χ0v) is 19.0. The van der Waals surface area contributed by atoms with Gasteiger partial charge in [-0.25, -0.2) is 8.42 Å². The first-order valence-electron chi connectivity index (χ1n) is 8.63. The van der Waals surface area contributed by atoms with E-state index in [0.29, 0.717) is 5.75 Å². The molecule has 0 fully saturated rings. The molecule has 2 radical (unpaired) electrons. The van der Waals surface area contributed by atoms with Crippen molar-refractivity contribution < 1.29 is 27.4 Å². The average Bonchev–Trinajstić information content (AvgIpc) is 2.70. The highest BCUT2D eigenvalue weighted by molar-refractivity contribution is 7.91. The molecule has 0 aliphatic heterocycles. The molecule has 2 aromatic rings. The third kappa shape index (κ3) is 6.41. The highest BCUT2D eigenvalue weighted by Gasteiger charge is 2.21. The van der Waals surface area contributed by atoms with Crippen molar-refractivity contribution >= 4 is 50.6 Å². The topological polar surface area (TPSA) is 78.9 Å². The van der Waals surface area contributed by atoms with E-state index in [9.17, 15) is 13.2 Å². The number of ether oxygens (including phenoxy) is 3. The van der Waals surface area contributed by atoms with Gasteiger partial charge in [-0.05, 0) is 49.7 Å². The Bertz CT molecular complexity index is 994. The van der Waals surface area contributed by atoms with E-state index in [4.69, 9.17) is 49.0 Å². The first kappa shape index (κ1) is 24.6. The molecule has 0 heterocycles. The van der Waals surface area contributed by atoms with Crippen LogP contribution >= 0.6 is 34.8 Å². The van der Waals surface area contributed by atoms with Crippen molar-refractivity contribution in [1.82, 2.24) is 0 Å². The molecule has 162 valence electrons. The number of benzene rings is 2. The van der Waals surface area contributed by atoms with Gasteiger partial charge in [0.15, 0.2) is 0 Å². The maximum Gasteiger partial charge on any atom is 0.303 e. The van der Waals surface area contributed by atoms with E-state index in [1.807, 2.05) is 0 Å². The summed E-state index contributed by atoms with van der Waals surface area (Å²) >= 11 is 18.0. The number of sulfone groups is 1. The second kappa shape index (κ2) is 11.1. The minimum absolute atomic E-state index is 0.0137. The number of carbonyl (C=O) groups is 1. The molecule has 0 bridgehead atoms. The van der Waals surface area contributed by atoms with E-state index in [-0.39, 0.29) is 44.7 Å². The Hall–Kier alpha value is -1.67. The molecule has 0 aromatic heterocycles. The number of hydrogen-bond acceptors (Lipinski definition) is 6. The van der Waals surface area contributed by atoms with Crippen molar-refractivity contribution in [1.29, 1.82) is 0 Å². The molecular formula is C20H19Cl3O6S. The van der Waals surface area contributed by atoms with Gasteiger partial charge in [-0.15, -0.1) is 11.6 Å². The summed E-state index contributed by atoms with van der Waals surface area (Å²) in [5.74, 6) is 0.121. The van der Waals surface area contributed by atoms with Crippen LogP contribution in [0.5, 0.6) is 11.5 Å². The normalized spacial score (nSPS) is 12.3. The summed E-state index contributed by atoms with van der Waals surface area (Å²) in [6.07, 6.45) is 0.890. The van der Waals surface area contributed by atoms with Crippen molar-refractivity contribution in [2.24, 2.45) is 0 Å². The van der Waals surface area contributed by atoms with Crippen LogP contribution in [-0.4, -0.2) is 39.6 Å². The molecule has 2 aromatic carbocycles. The Balaban J connectivity index is 2.20. The van der Waals surface area contributed by atoms with Gasteiger partial charge >= 0.3 is 5.97 Å². The van der Waals surface area contributed by atoms with E-state index >= 15 is 0 Å². The van der Waals surface area contributed by atoms with Crippen LogP contribution in [0.25, 0.3) is 0 Å². The monoisotopic (exact) mass is 492 g/mol. The van der Waals surface area contributed by atoms with Crippen LogP contribution in [0.4, 0.5) is 0 Å². The van der Waals surface area contributed by atoms with E-state index in [2.05, 4.69) is 6.92 Å². The summed E-state index contributed by atoms with van der Waals surface area (Å²) in [5, 5.41) is 0.228. The summed E-state index contributed by atoms with van der Waals surface area (Å²) in [7, 11) is -3.88. The van der Waals surface area contributed by atoms with Gasteiger partial charge in [0.25, 0.3) is 0 Å². The maximum absolute atomic E-state index is 12.9. The minimum atomic E-state index is -3.88. The van der Waals surface area contributed by atoms with Crippen molar-refractivity contribution in [3.63, 3.8) is 0 Å². The predicted molar refractivity (Wildman–Crippen MR) is 115 cm³/mol. The molecule has 0 N–H and O–H groups in total. The molecule has 0 saturated carbocycles. The van der Waals surface area contributed by atoms with Gasteiger partial charge in [-0.2, -0.15) is 0 Å². The summed E-state index contributed by atoms with van der Waals surface area (Å²) in [5.41, 5.74) is 0. The molecular weight excluding hydrogens is 475 g/mol. The van der Waals surface area contributed by atoms with Crippen LogP contribution in [0.2, 0.25) is 10.0 Å². The molecule has 0 saturated heterocycles. The van der Waals surface area contributed by atoms with Crippen LogP contribution in [0.3, 0.4) is 0 Å². The van der Waals surface area contributed by atoms with Crippen LogP contribution in [0.1, 0.15) is 6.92 Å². The molecule has 0 unspecified atom stereocenters. The lowest BCUT2D eigenvalue weighted by molar-refractivity contribution is -0.146.